The van der Waals surface area contributed by atoms with Crippen molar-refractivity contribution in [2.45, 2.75) is 12.3 Å². The third-order valence-electron chi connectivity index (χ3n) is 1.84. The van der Waals surface area contributed by atoms with Gasteiger partial charge < -0.3 is 5.11 Å². The number of aliphatic hydroxyl groups excluding tert-OH is 1. The summed E-state index contributed by atoms with van der Waals surface area (Å²) >= 11 is 0. The maximum atomic E-state index is 12.4. The number of halogens is 4. The molecule has 1 atom stereocenters. The van der Waals surface area contributed by atoms with Crippen LogP contribution in [0.5, 0.6) is 0 Å². The van der Waals surface area contributed by atoms with Crippen LogP contribution in [0.2, 0.25) is 0 Å². The Kier molecular flexibility index (Phi) is 3.47. The van der Waals surface area contributed by atoms with E-state index in [1.807, 2.05) is 0 Å². The summed E-state index contributed by atoms with van der Waals surface area (Å²) < 4.78 is 49.0. The summed E-state index contributed by atoms with van der Waals surface area (Å²) in [4.78, 5) is 0. The van der Waals surface area contributed by atoms with Gasteiger partial charge in [-0.1, -0.05) is 18.2 Å². The topological polar surface area (TPSA) is 20.2 Å². The average molecular weight is 220 g/mol. The summed E-state index contributed by atoms with van der Waals surface area (Å²) in [6.45, 7) is 0. The van der Waals surface area contributed by atoms with Gasteiger partial charge in [-0.3, -0.25) is 0 Å². The number of benzene rings is 1. The number of hydrogen-bond acceptors (Lipinski definition) is 1. The van der Waals surface area contributed by atoms with Gasteiger partial charge in [-0.15, -0.1) is 0 Å². The van der Waals surface area contributed by atoms with Crippen molar-refractivity contribution in [2.24, 2.45) is 0 Å². The minimum atomic E-state index is -4.55. The van der Waals surface area contributed by atoms with Crippen LogP contribution in [0.1, 0.15) is 17.2 Å². The number of hydrogen-bond donors (Lipinski definition) is 1. The molecule has 1 nitrogen and oxygen atoms in total. The van der Waals surface area contributed by atoms with Crippen LogP contribution < -0.4 is 0 Å². The first-order valence-corrected chi connectivity index (χ1v) is 4.08. The van der Waals surface area contributed by atoms with Crippen molar-refractivity contribution in [3.8, 4) is 0 Å². The Balaban J connectivity index is 3.18. The highest BCUT2D eigenvalue weighted by atomic mass is 19.4. The maximum Gasteiger partial charge on any atom is 0.416 e. The van der Waals surface area contributed by atoms with Crippen LogP contribution in [0.3, 0.4) is 0 Å². The predicted octanol–water partition coefficient (Wildman–Crippen LogP) is 3.22. The summed E-state index contributed by atoms with van der Waals surface area (Å²) in [5.74, 6) is 0. The monoisotopic (exact) mass is 220 g/mol. The Labute approximate surface area is 83.7 Å². The van der Waals surface area contributed by atoms with E-state index in [0.29, 0.717) is 6.08 Å². The fraction of sp³-hybridized carbons (Fsp3) is 0.200. The van der Waals surface area contributed by atoms with Gasteiger partial charge in [0.2, 0.25) is 0 Å². The zero-order chi connectivity index (χ0) is 11.5. The molecule has 0 aliphatic carbocycles. The smallest absolute Gasteiger partial charge is 0.384 e. The average Bonchev–Trinajstić information content (AvgIpc) is 2.17. The van der Waals surface area contributed by atoms with E-state index >= 15 is 0 Å². The Morgan fingerprint density at radius 2 is 1.80 bits per heavy atom. The van der Waals surface area contributed by atoms with E-state index < -0.39 is 17.8 Å². The van der Waals surface area contributed by atoms with Gasteiger partial charge in [0.15, 0.2) is 0 Å². The summed E-state index contributed by atoms with van der Waals surface area (Å²) in [5, 5.41) is 9.24. The van der Waals surface area contributed by atoms with E-state index in [1.165, 1.54) is 12.1 Å². The normalized spacial score (nSPS) is 14.5. The molecule has 1 N–H and O–H groups in total. The lowest BCUT2D eigenvalue weighted by Gasteiger charge is -2.14. The first kappa shape index (κ1) is 11.7. The Bertz CT molecular complexity index is 357. The highest BCUT2D eigenvalue weighted by molar-refractivity contribution is 5.33. The van der Waals surface area contributed by atoms with Crippen molar-refractivity contribution in [1.82, 2.24) is 0 Å². The third-order valence-corrected chi connectivity index (χ3v) is 1.84. The first-order chi connectivity index (χ1) is 6.96. The molecular weight excluding hydrogens is 212 g/mol. The molecule has 0 bridgehead atoms. The number of rotatable bonds is 2. The van der Waals surface area contributed by atoms with Crippen molar-refractivity contribution in [3.05, 3.63) is 47.8 Å². The number of alkyl halides is 3. The molecule has 82 valence electrons. The Morgan fingerprint density at radius 3 is 2.33 bits per heavy atom. The van der Waals surface area contributed by atoms with Gasteiger partial charge in [-0.05, 0) is 17.7 Å². The molecule has 5 heteroatoms. The lowest BCUT2D eigenvalue weighted by Crippen LogP contribution is -2.10. The van der Waals surface area contributed by atoms with Crippen LogP contribution in [-0.4, -0.2) is 5.11 Å². The van der Waals surface area contributed by atoms with Crippen LogP contribution in [0.25, 0.3) is 0 Å². The second kappa shape index (κ2) is 4.44. The van der Waals surface area contributed by atoms with Crippen LogP contribution in [0.15, 0.2) is 36.7 Å². The van der Waals surface area contributed by atoms with Crippen molar-refractivity contribution in [2.75, 3.05) is 0 Å². The molecule has 1 aromatic carbocycles. The maximum absolute atomic E-state index is 12.4. The second-order valence-electron chi connectivity index (χ2n) is 2.85. The van der Waals surface area contributed by atoms with Gasteiger partial charge in [0.25, 0.3) is 0 Å². The van der Waals surface area contributed by atoms with Gasteiger partial charge in [0, 0.05) is 0 Å². The van der Waals surface area contributed by atoms with E-state index in [0.717, 1.165) is 12.1 Å². The zero-order valence-electron chi connectivity index (χ0n) is 7.50. The molecule has 0 heterocycles. The van der Waals surface area contributed by atoms with E-state index in [9.17, 15) is 22.7 Å². The third kappa shape index (κ3) is 2.79. The van der Waals surface area contributed by atoms with Crippen molar-refractivity contribution in [3.63, 3.8) is 0 Å². The van der Waals surface area contributed by atoms with Crippen molar-refractivity contribution >= 4 is 0 Å². The van der Waals surface area contributed by atoms with Gasteiger partial charge in [-0.25, -0.2) is 4.39 Å². The molecule has 1 rings (SSSR count). The van der Waals surface area contributed by atoms with Crippen LogP contribution >= 0.6 is 0 Å². The minimum absolute atomic E-state index is 0.0117. The van der Waals surface area contributed by atoms with Crippen molar-refractivity contribution < 1.29 is 22.7 Å². The SMILES string of the molecule is OC(/C=C/F)c1ccccc1C(F)(F)F. The van der Waals surface area contributed by atoms with Gasteiger partial charge in [-0.2, -0.15) is 13.2 Å². The first-order valence-electron chi connectivity index (χ1n) is 4.08. The largest absolute Gasteiger partial charge is 0.416 e. The summed E-state index contributed by atoms with van der Waals surface area (Å²) in [6.07, 6.45) is -5.49. The summed E-state index contributed by atoms with van der Waals surface area (Å²) in [5.41, 5.74) is -1.32. The highest BCUT2D eigenvalue weighted by Crippen LogP contribution is 2.34. The quantitative estimate of drug-likeness (QED) is 0.758. The van der Waals surface area contributed by atoms with E-state index in [2.05, 4.69) is 0 Å². The van der Waals surface area contributed by atoms with Crippen LogP contribution in [-0.2, 0) is 6.18 Å². The van der Waals surface area contributed by atoms with E-state index in [-0.39, 0.29) is 11.9 Å². The number of aliphatic hydroxyl groups is 1. The Hall–Kier alpha value is -1.36. The summed E-state index contributed by atoms with van der Waals surface area (Å²) in [7, 11) is 0. The molecule has 0 saturated carbocycles. The van der Waals surface area contributed by atoms with Gasteiger partial charge >= 0.3 is 6.18 Å². The molecule has 0 fully saturated rings. The highest BCUT2D eigenvalue weighted by Gasteiger charge is 2.34. The van der Waals surface area contributed by atoms with Crippen molar-refractivity contribution in [1.29, 1.82) is 0 Å². The zero-order valence-corrected chi connectivity index (χ0v) is 7.50. The molecule has 1 aromatic rings. The lowest BCUT2D eigenvalue weighted by atomic mass is 10.0. The standard InChI is InChI=1S/C10H8F4O/c11-6-5-9(15)7-3-1-2-4-8(7)10(12,13)14/h1-6,9,15H/b6-5+. The molecule has 0 aliphatic rings. The van der Waals surface area contributed by atoms with Crippen LogP contribution in [0, 0.1) is 0 Å². The molecule has 0 radical (unpaired) electrons. The van der Waals surface area contributed by atoms with E-state index in [1.54, 1.807) is 0 Å². The molecule has 0 amide bonds. The Morgan fingerprint density at radius 1 is 1.20 bits per heavy atom. The molecule has 0 spiro atoms. The minimum Gasteiger partial charge on any atom is -0.384 e. The van der Waals surface area contributed by atoms with Gasteiger partial charge in [0.05, 0.1) is 11.9 Å². The molecule has 1 unspecified atom stereocenters. The fourth-order valence-corrected chi connectivity index (χ4v) is 1.19. The molecule has 0 aliphatic heterocycles. The second-order valence-corrected chi connectivity index (χ2v) is 2.85. The molecule has 0 saturated heterocycles. The fourth-order valence-electron chi connectivity index (χ4n) is 1.19. The predicted molar refractivity (Wildman–Crippen MR) is 46.7 cm³/mol. The van der Waals surface area contributed by atoms with Crippen LogP contribution in [0.4, 0.5) is 17.6 Å². The molecular formula is C10H8F4O. The van der Waals surface area contributed by atoms with E-state index in [4.69, 9.17) is 0 Å². The molecule has 0 aromatic heterocycles. The van der Waals surface area contributed by atoms with Gasteiger partial charge in [0.1, 0.15) is 6.10 Å². The lowest BCUT2D eigenvalue weighted by molar-refractivity contribution is -0.138. The summed E-state index contributed by atoms with van der Waals surface area (Å²) in [6, 6.07) is 4.50. The molecule has 15 heavy (non-hydrogen) atoms.